The minimum atomic E-state index is -0.362. The third kappa shape index (κ3) is 4.08. The molecule has 1 aliphatic carbocycles. The number of rotatable bonds is 5. The number of esters is 1. The van der Waals surface area contributed by atoms with Crippen LogP contribution in [0.5, 0.6) is 0 Å². The summed E-state index contributed by atoms with van der Waals surface area (Å²) in [6.07, 6.45) is 2.12. The molecule has 0 aromatic heterocycles. The molecule has 0 spiro atoms. The average molecular weight is 415 g/mol. The van der Waals surface area contributed by atoms with Crippen molar-refractivity contribution in [2.75, 3.05) is 0 Å². The molecule has 0 saturated heterocycles. The van der Waals surface area contributed by atoms with E-state index in [2.05, 4.69) is 0 Å². The van der Waals surface area contributed by atoms with Crippen molar-refractivity contribution in [3.63, 3.8) is 0 Å². The molecule has 31 heavy (non-hydrogen) atoms. The molecule has 1 heterocycles. The van der Waals surface area contributed by atoms with Crippen molar-refractivity contribution in [1.29, 1.82) is 0 Å². The highest BCUT2D eigenvalue weighted by Gasteiger charge is 2.34. The quantitative estimate of drug-likeness (QED) is 0.546. The number of ether oxygens (including phenoxy) is 1. The van der Waals surface area contributed by atoms with Crippen LogP contribution in [0.2, 0.25) is 0 Å². The van der Waals surface area contributed by atoms with Crippen LogP contribution in [0.1, 0.15) is 56.4 Å². The largest absolute Gasteiger partial charge is 0.454 e. The topological polar surface area (TPSA) is 46.6 Å². The van der Waals surface area contributed by atoms with Gasteiger partial charge in [0.1, 0.15) is 11.9 Å². The van der Waals surface area contributed by atoms with E-state index in [-0.39, 0.29) is 29.8 Å². The van der Waals surface area contributed by atoms with Gasteiger partial charge in [-0.1, -0.05) is 42.5 Å². The number of benzene rings is 3. The molecule has 4 nitrogen and oxygen atoms in total. The van der Waals surface area contributed by atoms with Crippen molar-refractivity contribution in [3.8, 4) is 0 Å². The van der Waals surface area contributed by atoms with Crippen LogP contribution in [0.15, 0.2) is 72.8 Å². The monoisotopic (exact) mass is 415 g/mol. The Labute approximate surface area is 180 Å². The van der Waals surface area contributed by atoms with Crippen LogP contribution in [-0.2, 0) is 17.7 Å². The minimum absolute atomic E-state index is 0.0650. The molecule has 5 rings (SSSR count). The number of amides is 1. The number of fused-ring (bicyclic) bond motifs is 1. The highest BCUT2D eigenvalue weighted by molar-refractivity contribution is 5.98. The first-order valence-electron chi connectivity index (χ1n) is 10.5. The first-order valence-corrected chi connectivity index (χ1v) is 10.5. The standard InChI is InChI=1S/C26H22FNO3/c27-21-9-6-17(7-10-21)16-28(22-11-12-22)25(29)19-8-13-23-20(14-19)15-24(31-26(23)30)18-4-2-1-3-5-18/h1-10,13-14,22,24H,11-12,15-16H2/t24-/m0/s1. The maximum atomic E-state index is 13.4. The number of hydrogen-bond acceptors (Lipinski definition) is 3. The lowest BCUT2D eigenvalue weighted by Crippen LogP contribution is -2.33. The van der Waals surface area contributed by atoms with Gasteiger partial charge in [0.05, 0.1) is 5.56 Å². The zero-order valence-corrected chi connectivity index (χ0v) is 17.0. The molecular formula is C26H22FNO3. The van der Waals surface area contributed by atoms with Crippen LogP contribution in [0, 0.1) is 5.82 Å². The van der Waals surface area contributed by atoms with Crippen LogP contribution in [-0.4, -0.2) is 22.8 Å². The molecule has 1 saturated carbocycles. The smallest absolute Gasteiger partial charge is 0.339 e. The van der Waals surface area contributed by atoms with Gasteiger partial charge in [-0.25, -0.2) is 9.18 Å². The number of nitrogens with zero attached hydrogens (tertiary/aromatic N) is 1. The fourth-order valence-corrected chi connectivity index (χ4v) is 4.09. The molecule has 0 unspecified atom stereocenters. The molecule has 0 radical (unpaired) electrons. The summed E-state index contributed by atoms with van der Waals surface area (Å²) >= 11 is 0. The summed E-state index contributed by atoms with van der Waals surface area (Å²) in [5.41, 5.74) is 3.74. The van der Waals surface area contributed by atoms with E-state index in [0.717, 1.165) is 29.5 Å². The van der Waals surface area contributed by atoms with E-state index in [4.69, 9.17) is 4.74 Å². The first kappa shape index (κ1) is 19.5. The summed E-state index contributed by atoms with van der Waals surface area (Å²) in [6, 6.07) is 21.3. The summed E-state index contributed by atoms with van der Waals surface area (Å²) in [5.74, 6) is -0.716. The van der Waals surface area contributed by atoms with E-state index in [1.54, 1.807) is 24.3 Å². The second-order valence-corrected chi connectivity index (χ2v) is 8.17. The van der Waals surface area contributed by atoms with Crippen LogP contribution in [0.25, 0.3) is 0 Å². The summed E-state index contributed by atoms with van der Waals surface area (Å²) in [7, 11) is 0. The normalized spacial score (nSPS) is 17.6. The number of hydrogen-bond donors (Lipinski definition) is 0. The molecule has 156 valence electrons. The summed E-state index contributed by atoms with van der Waals surface area (Å²) < 4.78 is 18.9. The van der Waals surface area contributed by atoms with Gasteiger partial charge in [-0.3, -0.25) is 4.79 Å². The predicted octanol–water partition coefficient (Wildman–Crippen LogP) is 5.08. The zero-order chi connectivity index (χ0) is 21.4. The van der Waals surface area contributed by atoms with Crippen molar-refractivity contribution in [2.24, 2.45) is 0 Å². The Hall–Kier alpha value is -3.47. The van der Waals surface area contributed by atoms with E-state index >= 15 is 0 Å². The van der Waals surface area contributed by atoms with Crippen LogP contribution < -0.4 is 0 Å². The van der Waals surface area contributed by atoms with Gasteiger partial charge in [-0.05, 0) is 59.9 Å². The zero-order valence-electron chi connectivity index (χ0n) is 17.0. The van der Waals surface area contributed by atoms with Gasteiger partial charge < -0.3 is 9.64 Å². The molecule has 2 aliphatic rings. The molecule has 3 aromatic carbocycles. The van der Waals surface area contributed by atoms with Crippen molar-refractivity contribution >= 4 is 11.9 Å². The van der Waals surface area contributed by atoms with Crippen molar-refractivity contribution in [3.05, 3.63) is 106 Å². The third-order valence-corrected chi connectivity index (χ3v) is 5.91. The molecule has 3 aromatic rings. The SMILES string of the molecule is O=C1O[C@H](c2ccccc2)Cc2cc(C(=O)N(Cc3ccc(F)cc3)C3CC3)ccc21. The number of carbonyl (C=O) groups excluding carboxylic acids is 2. The lowest BCUT2D eigenvalue weighted by Gasteiger charge is -2.27. The first-order chi connectivity index (χ1) is 15.1. The highest BCUT2D eigenvalue weighted by atomic mass is 19.1. The van der Waals surface area contributed by atoms with Gasteiger partial charge in [0, 0.05) is 24.6 Å². The Morgan fingerprint density at radius 1 is 1.00 bits per heavy atom. The van der Waals surface area contributed by atoms with Crippen LogP contribution in [0.4, 0.5) is 4.39 Å². The number of cyclic esters (lactones) is 1. The van der Waals surface area contributed by atoms with Gasteiger partial charge in [-0.2, -0.15) is 0 Å². The molecule has 1 fully saturated rings. The fourth-order valence-electron chi connectivity index (χ4n) is 4.09. The molecule has 1 amide bonds. The van der Waals surface area contributed by atoms with Crippen molar-refractivity contribution in [2.45, 2.75) is 38.0 Å². The van der Waals surface area contributed by atoms with Gasteiger partial charge in [0.2, 0.25) is 0 Å². The second-order valence-electron chi connectivity index (χ2n) is 8.17. The van der Waals surface area contributed by atoms with Crippen molar-refractivity contribution in [1.82, 2.24) is 4.90 Å². The van der Waals surface area contributed by atoms with E-state index < -0.39 is 0 Å². The number of halogens is 1. The summed E-state index contributed by atoms with van der Waals surface area (Å²) in [6.45, 7) is 0.440. The lowest BCUT2D eigenvalue weighted by molar-refractivity contribution is 0.0252. The van der Waals surface area contributed by atoms with Gasteiger partial charge in [0.25, 0.3) is 5.91 Å². The fraction of sp³-hybridized carbons (Fsp3) is 0.231. The molecule has 5 heteroatoms. The second kappa shape index (κ2) is 7.99. The maximum Gasteiger partial charge on any atom is 0.339 e. The predicted molar refractivity (Wildman–Crippen MR) is 114 cm³/mol. The Morgan fingerprint density at radius 3 is 2.45 bits per heavy atom. The Bertz CT molecular complexity index is 1120. The lowest BCUT2D eigenvalue weighted by atomic mass is 9.93. The molecular weight excluding hydrogens is 393 g/mol. The maximum absolute atomic E-state index is 13.4. The Balaban J connectivity index is 1.41. The Kier molecular flexibility index (Phi) is 5.02. The van der Waals surface area contributed by atoms with E-state index in [1.807, 2.05) is 41.3 Å². The van der Waals surface area contributed by atoms with Gasteiger partial charge in [-0.15, -0.1) is 0 Å². The highest BCUT2D eigenvalue weighted by Crippen LogP contribution is 2.33. The summed E-state index contributed by atoms with van der Waals surface area (Å²) in [4.78, 5) is 27.7. The van der Waals surface area contributed by atoms with Crippen LogP contribution in [0.3, 0.4) is 0 Å². The van der Waals surface area contributed by atoms with Gasteiger partial charge >= 0.3 is 5.97 Å². The Morgan fingerprint density at radius 2 is 1.74 bits per heavy atom. The minimum Gasteiger partial charge on any atom is -0.454 e. The van der Waals surface area contributed by atoms with E-state index in [0.29, 0.717) is 24.1 Å². The molecule has 0 N–H and O–H groups in total. The van der Waals surface area contributed by atoms with E-state index in [9.17, 15) is 14.0 Å². The summed E-state index contributed by atoms with van der Waals surface area (Å²) in [5, 5.41) is 0. The molecule has 1 aliphatic heterocycles. The van der Waals surface area contributed by atoms with E-state index in [1.165, 1.54) is 12.1 Å². The molecule has 0 bridgehead atoms. The third-order valence-electron chi connectivity index (χ3n) is 5.91. The van der Waals surface area contributed by atoms with Crippen molar-refractivity contribution < 1.29 is 18.7 Å². The molecule has 1 atom stereocenters. The average Bonchev–Trinajstić information content (AvgIpc) is 3.64. The number of carbonyl (C=O) groups is 2. The van der Waals surface area contributed by atoms with Crippen LogP contribution >= 0.6 is 0 Å². The van der Waals surface area contributed by atoms with Gasteiger partial charge in [0.15, 0.2) is 0 Å².